The molecule has 1 saturated heterocycles. The highest BCUT2D eigenvalue weighted by Gasteiger charge is 2.54. The molecule has 1 aliphatic carbocycles. The van der Waals surface area contributed by atoms with Crippen LogP contribution in [0.15, 0.2) is 24.3 Å². The van der Waals surface area contributed by atoms with Crippen molar-refractivity contribution in [1.82, 2.24) is 4.90 Å². The number of hydrogen-bond acceptors (Lipinski definition) is 3. The van der Waals surface area contributed by atoms with Crippen LogP contribution in [0.5, 0.6) is 0 Å². The van der Waals surface area contributed by atoms with Crippen LogP contribution in [0.4, 0.5) is 13.2 Å². The van der Waals surface area contributed by atoms with E-state index < -0.39 is 23.3 Å². The Morgan fingerprint density at radius 1 is 1.42 bits per heavy atom. The summed E-state index contributed by atoms with van der Waals surface area (Å²) in [6, 6.07) is 4.88. The van der Waals surface area contributed by atoms with Gasteiger partial charge in [-0.1, -0.05) is 18.2 Å². The normalized spacial score (nSPS) is 26.3. The summed E-state index contributed by atoms with van der Waals surface area (Å²) in [6.07, 6.45) is -3.78. The van der Waals surface area contributed by atoms with Crippen molar-refractivity contribution in [2.24, 2.45) is 0 Å². The third-order valence-corrected chi connectivity index (χ3v) is 4.87. The summed E-state index contributed by atoms with van der Waals surface area (Å²) in [5.74, 6) is -0.170. The van der Waals surface area contributed by atoms with E-state index in [2.05, 4.69) is 0 Å². The first-order chi connectivity index (χ1) is 11.3. The van der Waals surface area contributed by atoms with Crippen LogP contribution in [0.3, 0.4) is 0 Å². The minimum Gasteiger partial charge on any atom is -0.394 e. The molecule has 0 spiro atoms. The quantitative estimate of drug-likeness (QED) is 0.917. The van der Waals surface area contributed by atoms with E-state index in [9.17, 15) is 23.1 Å². The van der Waals surface area contributed by atoms with Gasteiger partial charge in [0, 0.05) is 6.54 Å². The van der Waals surface area contributed by atoms with E-state index in [1.165, 1.54) is 6.07 Å². The maximum absolute atomic E-state index is 13.0. The number of aliphatic hydroxyl groups is 1. The van der Waals surface area contributed by atoms with Gasteiger partial charge in [0.15, 0.2) is 0 Å². The Hall–Kier alpha value is -1.60. The summed E-state index contributed by atoms with van der Waals surface area (Å²) < 4.78 is 44.3. The Morgan fingerprint density at radius 3 is 2.71 bits per heavy atom. The van der Waals surface area contributed by atoms with Crippen molar-refractivity contribution < 1.29 is 27.8 Å². The van der Waals surface area contributed by atoms with Gasteiger partial charge in [0.05, 0.1) is 36.3 Å². The third-order valence-electron chi connectivity index (χ3n) is 4.87. The molecule has 4 nitrogen and oxygen atoms in total. The minimum absolute atomic E-state index is 0.163. The van der Waals surface area contributed by atoms with Crippen LogP contribution in [-0.2, 0) is 21.1 Å². The van der Waals surface area contributed by atoms with Crippen LogP contribution in [0.2, 0.25) is 0 Å². The van der Waals surface area contributed by atoms with Crippen molar-refractivity contribution in [3.05, 3.63) is 35.4 Å². The van der Waals surface area contributed by atoms with Crippen LogP contribution in [0, 0.1) is 0 Å². The molecule has 1 amide bonds. The molecule has 2 aliphatic rings. The number of nitrogens with zero attached hydrogens (tertiary/aromatic N) is 1. The van der Waals surface area contributed by atoms with E-state index >= 15 is 0 Å². The lowest BCUT2D eigenvalue weighted by Crippen LogP contribution is -2.54. The second-order valence-corrected chi connectivity index (χ2v) is 6.61. The fourth-order valence-corrected chi connectivity index (χ4v) is 3.23. The number of benzene rings is 1. The number of carbonyl (C=O) groups excluding carboxylic acids is 1. The van der Waals surface area contributed by atoms with E-state index in [-0.39, 0.29) is 25.1 Å². The summed E-state index contributed by atoms with van der Waals surface area (Å²) in [4.78, 5) is 14.7. The summed E-state index contributed by atoms with van der Waals surface area (Å²) in [6.45, 7) is 2.23. The van der Waals surface area contributed by atoms with Crippen molar-refractivity contribution in [2.75, 3.05) is 19.8 Å². The monoisotopic (exact) mass is 343 g/mol. The van der Waals surface area contributed by atoms with Gasteiger partial charge < -0.3 is 14.7 Å². The van der Waals surface area contributed by atoms with Gasteiger partial charge in [-0.2, -0.15) is 13.2 Å². The molecule has 1 aromatic carbocycles. The van der Waals surface area contributed by atoms with Crippen LogP contribution in [-0.4, -0.2) is 47.8 Å². The average Bonchev–Trinajstić information content (AvgIpc) is 3.36. The second kappa shape index (κ2) is 6.04. The summed E-state index contributed by atoms with van der Waals surface area (Å²) in [7, 11) is 0. The predicted octanol–water partition coefficient (Wildman–Crippen LogP) is 2.35. The van der Waals surface area contributed by atoms with Crippen molar-refractivity contribution in [3.63, 3.8) is 0 Å². The minimum atomic E-state index is -4.43. The highest BCUT2D eigenvalue weighted by Crippen LogP contribution is 2.51. The average molecular weight is 343 g/mol. The number of morpholine rings is 1. The number of carbonyl (C=O) groups is 1. The first-order valence-corrected chi connectivity index (χ1v) is 7.99. The number of aliphatic hydroxyl groups excluding tert-OH is 1. The zero-order chi connectivity index (χ0) is 17.5. The summed E-state index contributed by atoms with van der Waals surface area (Å²) in [5, 5.41) is 9.25. The molecule has 2 atom stereocenters. The van der Waals surface area contributed by atoms with Gasteiger partial charge in [0.1, 0.15) is 0 Å². The predicted molar refractivity (Wildman–Crippen MR) is 80.4 cm³/mol. The zero-order valence-corrected chi connectivity index (χ0v) is 13.3. The Bertz CT molecular complexity index is 628. The van der Waals surface area contributed by atoms with Crippen LogP contribution < -0.4 is 0 Å². The molecule has 0 bridgehead atoms. The lowest BCUT2D eigenvalue weighted by Gasteiger charge is -2.39. The fourth-order valence-electron chi connectivity index (χ4n) is 3.23. The van der Waals surface area contributed by atoms with E-state index in [1.54, 1.807) is 11.0 Å². The van der Waals surface area contributed by atoms with Crippen molar-refractivity contribution in [3.8, 4) is 0 Å². The van der Waals surface area contributed by atoms with Gasteiger partial charge in [0.25, 0.3) is 0 Å². The molecule has 7 heteroatoms. The fraction of sp³-hybridized carbons (Fsp3) is 0.588. The summed E-state index contributed by atoms with van der Waals surface area (Å²) in [5.41, 5.74) is -1.18. The second-order valence-electron chi connectivity index (χ2n) is 6.61. The Kier molecular flexibility index (Phi) is 4.34. The topological polar surface area (TPSA) is 49.8 Å². The van der Waals surface area contributed by atoms with E-state index in [0.29, 0.717) is 25.0 Å². The van der Waals surface area contributed by atoms with E-state index in [4.69, 9.17) is 4.74 Å². The van der Waals surface area contributed by atoms with Gasteiger partial charge in [-0.3, -0.25) is 4.79 Å². The largest absolute Gasteiger partial charge is 0.416 e. The van der Waals surface area contributed by atoms with E-state index in [1.807, 2.05) is 6.92 Å². The third kappa shape index (κ3) is 3.02. The number of amides is 1. The Balaban J connectivity index is 1.87. The lowest BCUT2D eigenvalue weighted by molar-refractivity contribution is -0.149. The number of alkyl halides is 3. The smallest absolute Gasteiger partial charge is 0.394 e. The molecule has 3 rings (SSSR count). The maximum atomic E-state index is 13.0. The molecule has 2 fully saturated rings. The molecule has 1 saturated carbocycles. The van der Waals surface area contributed by atoms with Gasteiger partial charge in [0.2, 0.25) is 5.91 Å². The first kappa shape index (κ1) is 17.2. The molecule has 1 N–H and O–H groups in total. The molecule has 24 heavy (non-hydrogen) atoms. The number of rotatable bonds is 3. The van der Waals surface area contributed by atoms with Crippen molar-refractivity contribution >= 4 is 5.91 Å². The molecule has 132 valence electrons. The number of hydrogen-bond donors (Lipinski definition) is 1. The van der Waals surface area contributed by atoms with Gasteiger partial charge in [-0.15, -0.1) is 0 Å². The molecule has 2 unspecified atom stereocenters. The Morgan fingerprint density at radius 2 is 2.12 bits per heavy atom. The molecular weight excluding hydrogens is 323 g/mol. The molecule has 1 heterocycles. The van der Waals surface area contributed by atoms with Crippen molar-refractivity contribution in [2.45, 2.75) is 43.5 Å². The van der Waals surface area contributed by atoms with Crippen LogP contribution >= 0.6 is 0 Å². The zero-order valence-electron chi connectivity index (χ0n) is 13.3. The highest BCUT2D eigenvalue weighted by molar-refractivity contribution is 5.91. The molecular formula is C17H20F3NO3. The standard InChI is InChI=1S/C17H20F3NO3/c1-11-10-24-14(9-22)8-21(11)15(23)16(5-6-16)12-3-2-4-13(7-12)17(18,19)20/h2-4,7,11,14,22H,5-6,8-10H2,1H3. The Labute approximate surface area is 138 Å². The molecule has 1 aliphatic heterocycles. The maximum Gasteiger partial charge on any atom is 0.416 e. The lowest BCUT2D eigenvalue weighted by atomic mass is 9.91. The first-order valence-electron chi connectivity index (χ1n) is 7.99. The number of ether oxygens (including phenoxy) is 1. The molecule has 0 radical (unpaired) electrons. The van der Waals surface area contributed by atoms with E-state index in [0.717, 1.165) is 12.1 Å². The summed E-state index contributed by atoms with van der Waals surface area (Å²) >= 11 is 0. The number of halogens is 3. The molecule has 1 aromatic rings. The highest BCUT2D eigenvalue weighted by atomic mass is 19.4. The molecule has 0 aromatic heterocycles. The van der Waals surface area contributed by atoms with Gasteiger partial charge >= 0.3 is 6.18 Å². The van der Waals surface area contributed by atoms with Crippen molar-refractivity contribution in [1.29, 1.82) is 0 Å². The van der Waals surface area contributed by atoms with Gasteiger partial charge in [-0.05, 0) is 31.4 Å². The van der Waals surface area contributed by atoms with Crippen LogP contribution in [0.1, 0.15) is 30.9 Å². The SMILES string of the molecule is CC1COC(CO)CN1C(=O)C1(c2cccc(C(F)(F)F)c2)CC1. The van der Waals surface area contributed by atoms with Crippen LogP contribution in [0.25, 0.3) is 0 Å². The van der Waals surface area contributed by atoms with Gasteiger partial charge in [-0.25, -0.2) is 0 Å².